The first-order valence-corrected chi connectivity index (χ1v) is 11.0. The van der Waals surface area contributed by atoms with Gasteiger partial charge in [-0.25, -0.2) is 4.52 Å². The van der Waals surface area contributed by atoms with Gasteiger partial charge in [0.05, 0.1) is 17.2 Å². The van der Waals surface area contributed by atoms with E-state index in [4.69, 9.17) is 4.74 Å². The molecule has 6 rings (SSSR count). The minimum atomic E-state index is 0.190. The van der Waals surface area contributed by atoms with Gasteiger partial charge in [0.15, 0.2) is 17.4 Å². The van der Waals surface area contributed by atoms with Crippen molar-refractivity contribution in [3.63, 3.8) is 0 Å². The summed E-state index contributed by atoms with van der Waals surface area (Å²) >= 11 is 0. The van der Waals surface area contributed by atoms with Crippen LogP contribution in [0.25, 0.3) is 27.7 Å². The molecule has 0 radical (unpaired) electrons. The summed E-state index contributed by atoms with van der Waals surface area (Å²) in [6.07, 6.45) is 4.97. The number of anilines is 2. The number of likely N-dealkylation sites (N-methyl/N-ethyl adjacent to an activating group) is 1. The van der Waals surface area contributed by atoms with E-state index in [1.165, 1.54) is 0 Å². The number of pyridine rings is 1. The molecule has 1 atom stereocenters. The maximum absolute atomic E-state index is 6.31. The van der Waals surface area contributed by atoms with E-state index in [1.54, 1.807) is 6.20 Å². The Bertz CT molecular complexity index is 1460. The van der Waals surface area contributed by atoms with Crippen molar-refractivity contribution >= 4 is 28.1 Å². The number of fused-ring (bicyclic) bond motifs is 2. The van der Waals surface area contributed by atoms with Gasteiger partial charge >= 0.3 is 0 Å². The van der Waals surface area contributed by atoms with Crippen LogP contribution in [0.2, 0.25) is 0 Å². The monoisotopic (exact) mass is 440 g/mol. The number of likely N-dealkylation sites (tertiary alicyclic amines) is 1. The van der Waals surface area contributed by atoms with Gasteiger partial charge < -0.3 is 15.0 Å². The Morgan fingerprint density at radius 2 is 1.94 bits per heavy atom. The summed E-state index contributed by atoms with van der Waals surface area (Å²) in [6, 6.07) is 16.0. The van der Waals surface area contributed by atoms with E-state index in [0.29, 0.717) is 11.6 Å². The van der Waals surface area contributed by atoms with Crippen molar-refractivity contribution in [2.75, 3.05) is 25.5 Å². The van der Waals surface area contributed by atoms with E-state index in [9.17, 15) is 0 Å². The fourth-order valence-corrected chi connectivity index (χ4v) is 4.38. The number of hydrogen-bond acceptors (Lipinski definition) is 7. The van der Waals surface area contributed by atoms with Crippen LogP contribution in [-0.4, -0.2) is 60.7 Å². The number of hydrogen-bond donors (Lipinski definition) is 1. The third kappa shape index (κ3) is 3.76. The number of aromatic nitrogens is 6. The highest BCUT2D eigenvalue weighted by Gasteiger charge is 2.23. The highest BCUT2D eigenvalue weighted by atomic mass is 16.5. The highest BCUT2D eigenvalue weighted by molar-refractivity contribution is 5.81. The fourth-order valence-electron chi connectivity index (χ4n) is 4.38. The van der Waals surface area contributed by atoms with Crippen molar-refractivity contribution in [1.29, 1.82) is 0 Å². The SMILES string of the molecule is CN1CC[C@H](Oc2cnn(C)c2-c2ccn3nc(Nc4cc5ccccc5nn4)cc3c2)C1. The molecule has 166 valence electrons. The van der Waals surface area contributed by atoms with E-state index in [2.05, 4.69) is 43.7 Å². The second-order valence-corrected chi connectivity index (χ2v) is 8.50. The molecule has 1 aromatic carbocycles. The molecule has 0 bridgehead atoms. The van der Waals surface area contributed by atoms with Crippen LogP contribution >= 0.6 is 0 Å². The number of aryl methyl sites for hydroxylation is 1. The molecule has 1 aliphatic heterocycles. The van der Waals surface area contributed by atoms with Gasteiger partial charge in [0.1, 0.15) is 11.8 Å². The quantitative estimate of drug-likeness (QED) is 0.448. The lowest BCUT2D eigenvalue weighted by molar-refractivity contribution is 0.209. The molecule has 0 saturated carbocycles. The van der Waals surface area contributed by atoms with Gasteiger partial charge in [-0.1, -0.05) is 18.2 Å². The van der Waals surface area contributed by atoms with Crippen LogP contribution in [0.1, 0.15) is 6.42 Å². The van der Waals surface area contributed by atoms with Crippen LogP contribution in [0.5, 0.6) is 5.75 Å². The topological polar surface area (TPSA) is 85.4 Å². The fraction of sp³-hybridized carbons (Fsp3) is 0.250. The molecule has 1 saturated heterocycles. The standard InChI is InChI=1S/C24H24N8O/c1-30-9-8-19(15-30)33-21-14-25-31(2)24(21)17-7-10-32-18(11-17)13-23(29-32)26-22-12-16-5-3-4-6-20(16)27-28-22/h3-7,10-14,19H,8-9,15H2,1-2H3,(H,26,28,29)/t19-/m0/s1. The minimum absolute atomic E-state index is 0.190. The molecule has 9 nitrogen and oxygen atoms in total. The first-order chi connectivity index (χ1) is 16.1. The Labute approximate surface area is 190 Å². The number of benzene rings is 1. The van der Waals surface area contributed by atoms with Crippen LogP contribution in [0.4, 0.5) is 11.6 Å². The molecule has 0 aliphatic carbocycles. The normalized spacial score (nSPS) is 16.6. The lowest BCUT2D eigenvalue weighted by Crippen LogP contribution is -2.21. The molecule has 1 N–H and O–H groups in total. The smallest absolute Gasteiger partial charge is 0.165 e. The van der Waals surface area contributed by atoms with E-state index < -0.39 is 0 Å². The molecule has 33 heavy (non-hydrogen) atoms. The number of ether oxygens (including phenoxy) is 1. The van der Waals surface area contributed by atoms with Crippen LogP contribution in [0, 0.1) is 0 Å². The average molecular weight is 441 g/mol. The number of rotatable bonds is 5. The van der Waals surface area contributed by atoms with E-state index in [-0.39, 0.29) is 6.10 Å². The molecule has 9 heteroatoms. The zero-order chi connectivity index (χ0) is 22.4. The maximum atomic E-state index is 6.31. The van der Waals surface area contributed by atoms with Crippen LogP contribution < -0.4 is 10.1 Å². The van der Waals surface area contributed by atoms with Gasteiger partial charge in [0.2, 0.25) is 0 Å². The van der Waals surface area contributed by atoms with Gasteiger partial charge in [-0.05, 0) is 37.7 Å². The van der Waals surface area contributed by atoms with E-state index in [0.717, 1.165) is 52.9 Å². The molecule has 1 fully saturated rings. The first-order valence-electron chi connectivity index (χ1n) is 11.0. The summed E-state index contributed by atoms with van der Waals surface area (Å²) in [6.45, 7) is 1.99. The molecular weight excluding hydrogens is 416 g/mol. The lowest BCUT2D eigenvalue weighted by atomic mass is 10.1. The molecule has 5 heterocycles. The Kier molecular flexibility index (Phi) is 4.69. The largest absolute Gasteiger partial charge is 0.485 e. The average Bonchev–Trinajstić information content (AvgIpc) is 3.51. The number of nitrogens with one attached hydrogen (secondary N) is 1. The molecule has 4 aromatic heterocycles. The predicted molar refractivity (Wildman–Crippen MR) is 127 cm³/mol. The summed E-state index contributed by atoms with van der Waals surface area (Å²) in [5.74, 6) is 2.17. The zero-order valence-corrected chi connectivity index (χ0v) is 18.5. The van der Waals surface area contributed by atoms with Crippen molar-refractivity contribution in [3.8, 4) is 17.0 Å². The van der Waals surface area contributed by atoms with Crippen LogP contribution in [0.15, 0.2) is 60.9 Å². The molecule has 0 amide bonds. The van der Waals surface area contributed by atoms with Crippen LogP contribution in [0.3, 0.4) is 0 Å². The third-order valence-electron chi connectivity index (χ3n) is 6.03. The maximum Gasteiger partial charge on any atom is 0.165 e. The predicted octanol–water partition coefficient (Wildman–Crippen LogP) is 3.50. The van der Waals surface area contributed by atoms with Gasteiger partial charge in [-0.15, -0.1) is 10.2 Å². The van der Waals surface area contributed by atoms with Crippen molar-refractivity contribution in [3.05, 3.63) is 60.9 Å². The summed E-state index contributed by atoms with van der Waals surface area (Å²) in [4.78, 5) is 2.29. The molecule has 1 aliphatic rings. The van der Waals surface area contributed by atoms with Crippen molar-refractivity contribution in [2.45, 2.75) is 12.5 Å². The van der Waals surface area contributed by atoms with Gasteiger partial charge in [-0.3, -0.25) is 4.68 Å². The highest BCUT2D eigenvalue weighted by Crippen LogP contribution is 2.32. The summed E-state index contributed by atoms with van der Waals surface area (Å²) in [5.41, 5.74) is 3.81. The second-order valence-electron chi connectivity index (χ2n) is 8.50. The molecule has 0 unspecified atom stereocenters. The van der Waals surface area contributed by atoms with Crippen molar-refractivity contribution < 1.29 is 4.74 Å². The Morgan fingerprint density at radius 1 is 1.03 bits per heavy atom. The lowest BCUT2D eigenvalue weighted by Gasteiger charge is -2.14. The Hall–Kier alpha value is -3.98. The van der Waals surface area contributed by atoms with Gasteiger partial charge in [0.25, 0.3) is 0 Å². The van der Waals surface area contributed by atoms with Crippen molar-refractivity contribution in [2.24, 2.45) is 7.05 Å². The van der Waals surface area contributed by atoms with Crippen molar-refractivity contribution in [1.82, 2.24) is 34.5 Å². The third-order valence-corrected chi connectivity index (χ3v) is 6.03. The zero-order valence-electron chi connectivity index (χ0n) is 18.5. The van der Waals surface area contributed by atoms with E-state index in [1.807, 2.05) is 64.9 Å². The van der Waals surface area contributed by atoms with E-state index >= 15 is 0 Å². The van der Waals surface area contributed by atoms with Crippen LogP contribution in [-0.2, 0) is 7.05 Å². The summed E-state index contributed by atoms with van der Waals surface area (Å²) in [5, 5.41) is 21.9. The summed E-state index contributed by atoms with van der Waals surface area (Å²) in [7, 11) is 4.06. The van der Waals surface area contributed by atoms with Gasteiger partial charge in [0, 0.05) is 43.4 Å². The molecule has 5 aromatic rings. The molecule has 0 spiro atoms. The minimum Gasteiger partial charge on any atom is -0.485 e. The Morgan fingerprint density at radius 3 is 2.82 bits per heavy atom. The Balaban J connectivity index is 1.29. The second kappa shape index (κ2) is 7.86. The summed E-state index contributed by atoms with van der Waals surface area (Å²) < 4.78 is 10.0. The number of nitrogens with zero attached hydrogens (tertiary/aromatic N) is 7. The first kappa shape index (κ1) is 19.7. The van der Waals surface area contributed by atoms with Gasteiger partial charge in [-0.2, -0.15) is 10.2 Å². The molecular formula is C24H24N8O.